The van der Waals surface area contributed by atoms with E-state index in [9.17, 15) is 4.79 Å². The second-order valence-corrected chi connectivity index (χ2v) is 4.24. The first-order valence-corrected chi connectivity index (χ1v) is 4.88. The van der Waals surface area contributed by atoms with Crippen LogP contribution in [0.4, 0.5) is 0 Å². The van der Waals surface area contributed by atoms with Crippen molar-refractivity contribution in [3.63, 3.8) is 0 Å². The first kappa shape index (κ1) is 9.63. The molecule has 12 heavy (non-hydrogen) atoms. The molecule has 0 spiro atoms. The van der Waals surface area contributed by atoms with E-state index < -0.39 is 0 Å². The van der Waals surface area contributed by atoms with Gasteiger partial charge in [-0.15, -0.1) is 11.3 Å². The van der Waals surface area contributed by atoms with E-state index >= 15 is 0 Å². The Hall–Kier alpha value is -0.460. The minimum absolute atomic E-state index is 0.312. The zero-order valence-electron chi connectivity index (χ0n) is 6.33. The summed E-state index contributed by atoms with van der Waals surface area (Å²) in [6, 6.07) is 0. The van der Waals surface area contributed by atoms with E-state index in [-0.39, 0.29) is 5.91 Å². The molecule has 0 bridgehead atoms. The molecule has 1 amide bonds. The Bertz CT molecular complexity index is 276. The molecule has 0 unspecified atom stereocenters. The van der Waals surface area contributed by atoms with Crippen LogP contribution in [0.1, 0.15) is 16.7 Å². The molecule has 1 N–H and O–H groups in total. The van der Waals surface area contributed by atoms with Gasteiger partial charge in [-0.25, -0.2) is 10.5 Å². The molecule has 0 saturated carbocycles. The number of hydrogen-bond donors (Lipinski definition) is 1. The van der Waals surface area contributed by atoms with Gasteiger partial charge in [-0.2, -0.15) is 0 Å². The van der Waals surface area contributed by atoms with E-state index in [1.807, 2.05) is 0 Å². The Labute approximate surface area is 82.0 Å². The summed E-state index contributed by atoms with van der Waals surface area (Å²) in [6.07, 6.45) is 1.57. The zero-order chi connectivity index (χ0) is 8.97. The molecule has 6 heteroatoms. The molecule has 66 valence electrons. The predicted molar refractivity (Wildman–Crippen MR) is 48.9 cm³/mol. The summed E-state index contributed by atoms with van der Waals surface area (Å²) in [5.74, 6) is -0.312. The maximum atomic E-state index is 11.1. The summed E-state index contributed by atoms with van der Waals surface area (Å²) < 4.78 is 0.823. The van der Waals surface area contributed by atoms with E-state index in [0.717, 1.165) is 3.79 Å². The predicted octanol–water partition coefficient (Wildman–Crippen LogP) is 1.59. The second kappa shape index (κ2) is 4.54. The van der Waals surface area contributed by atoms with Crippen LogP contribution in [0, 0.1) is 0 Å². The van der Waals surface area contributed by atoms with Crippen molar-refractivity contribution in [1.29, 1.82) is 0 Å². The summed E-state index contributed by atoms with van der Waals surface area (Å²) in [5, 5.41) is 0.385. The summed E-state index contributed by atoms with van der Waals surface area (Å²) in [4.78, 5) is 19.7. The van der Waals surface area contributed by atoms with Crippen molar-refractivity contribution < 1.29 is 9.63 Å². The van der Waals surface area contributed by atoms with E-state index in [1.54, 1.807) is 13.1 Å². The van der Waals surface area contributed by atoms with Crippen molar-refractivity contribution in [2.75, 3.05) is 6.61 Å². The monoisotopic (exact) mass is 250 g/mol. The molecule has 1 rings (SSSR count). The van der Waals surface area contributed by atoms with Crippen LogP contribution in [0.15, 0.2) is 9.98 Å². The minimum atomic E-state index is -0.312. The lowest BCUT2D eigenvalue weighted by atomic mass is 10.7. The van der Waals surface area contributed by atoms with Crippen molar-refractivity contribution in [3.8, 4) is 0 Å². The van der Waals surface area contributed by atoms with Crippen LogP contribution >= 0.6 is 27.3 Å². The lowest BCUT2D eigenvalue weighted by Crippen LogP contribution is -2.23. The average molecular weight is 251 g/mol. The molecule has 0 aliphatic rings. The Morgan fingerprint density at radius 1 is 1.92 bits per heavy atom. The Morgan fingerprint density at radius 3 is 3.17 bits per heavy atom. The molecular formula is C6H7BrN2O2S. The number of nitrogens with one attached hydrogen (secondary N) is 1. The first-order valence-electron chi connectivity index (χ1n) is 3.27. The van der Waals surface area contributed by atoms with Crippen LogP contribution < -0.4 is 5.48 Å². The van der Waals surface area contributed by atoms with Crippen molar-refractivity contribution >= 4 is 33.2 Å². The fourth-order valence-corrected chi connectivity index (χ4v) is 1.63. The average Bonchev–Trinajstić information content (AvgIpc) is 2.47. The lowest BCUT2D eigenvalue weighted by Gasteiger charge is -1.98. The molecule has 1 heterocycles. The number of carbonyl (C=O) groups excluding carboxylic acids is 1. The molecule has 0 saturated heterocycles. The van der Waals surface area contributed by atoms with Crippen LogP contribution in [-0.4, -0.2) is 17.5 Å². The van der Waals surface area contributed by atoms with Crippen LogP contribution in [0.5, 0.6) is 0 Å². The summed E-state index contributed by atoms with van der Waals surface area (Å²) in [6.45, 7) is 2.23. The number of nitrogens with zero attached hydrogens (tertiary/aromatic N) is 1. The molecule has 1 aromatic rings. The van der Waals surface area contributed by atoms with Gasteiger partial charge >= 0.3 is 5.91 Å². The molecule has 0 aliphatic heterocycles. The van der Waals surface area contributed by atoms with Crippen molar-refractivity contribution in [2.24, 2.45) is 0 Å². The number of rotatable bonds is 3. The van der Waals surface area contributed by atoms with Crippen LogP contribution in [0.25, 0.3) is 0 Å². The van der Waals surface area contributed by atoms with Crippen LogP contribution in [-0.2, 0) is 4.84 Å². The molecular weight excluding hydrogens is 244 g/mol. The van der Waals surface area contributed by atoms with E-state index in [0.29, 0.717) is 11.6 Å². The maximum Gasteiger partial charge on any atom is 0.303 e. The molecule has 0 atom stereocenters. The number of amides is 1. The Morgan fingerprint density at radius 2 is 2.67 bits per heavy atom. The topological polar surface area (TPSA) is 51.2 Å². The number of halogens is 1. The summed E-state index contributed by atoms with van der Waals surface area (Å²) in [5.41, 5.74) is 2.25. The van der Waals surface area contributed by atoms with Gasteiger partial charge in [0, 0.05) is 0 Å². The van der Waals surface area contributed by atoms with E-state index in [2.05, 4.69) is 26.4 Å². The number of aromatic nitrogens is 1. The normalized spacial score (nSPS) is 9.83. The van der Waals surface area contributed by atoms with Gasteiger partial charge in [0.2, 0.25) is 0 Å². The third-order valence-electron chi connectivity index (χ3n) is 0.981. The fraction of sp³-hybridized carbons (Fsp3) is 0.333. The third-order valence-corrected chi connectivity index (χ3v) is 2.46. The Kier molecular flexibility index (Phi) is 3.64. The molecule has 0 aromatic carbocycles. The highest BCUT2D eigenvalue weighted by Crippen LogP contribution is 2.18. The largest absolute Gasteiger partial charge is 0.303 e. The minimum Gasteiger partial charge on any atom is -0.274 e. The summed E-state index contributed by atoms with van der Waals surface area (Å²) in [7, 11) is 0. The summed E-state index contributed by atoms with van der Waals surface area (Å²) >= 11 is 4.46. The molecule has 1 aromatic heterocycles. The number of hydrogen-bond acceptors (Lipinski definition) is 4. The van der Waals surface area contributed by atoms with Gasteiger partial charge < -0.3 is 0 Å². The number of carbonyl (C=O) groups is 1. The van der Waals surface area contributed by atoms with Gasteiger partial charge in [-0.1, -0.05) is 0 Å². The van der Waals surface area contributed by atoms with E-state index in [1.165, 1.54) is 11.3 Å². The zero-order valence-corrected chi connectivity index (χ0v) is 8.74. The smallest absolute Gasteiger partial charge is 0.274 e. The van der Waals surface area contributed by atoms with Gasteiger partial charge in [0.05, 0.1) is 16.6 Å². The van der Waals surface area contributed by atoms with Crippen molar-refractivity contribution in [1.82, 2.24) is 10.5 Å². The van der Waals surface area contributed by atoms with Gasteiger partial charge in [0.15, 0.2) is 5.01 Å². The van der Waals surface area contributed by atoms with Crippen LogP contribution in [0.3, 0.4) is 0 Å². The van der Waals surface area contributed by atoms with Gasteiger partial charge in [-0.05, 0) is 22.9 Å². The molecule has 0 aliphatic carbocycles. The molecule has 0 fully saturated rings. The quantitative estimate of drug-likeness (QED) is 0.830. The highest BCUT2D eigenvalue weighted by atomic mass is 79.9. The lowest BCUT2D eigenvalue weighted by molar-refractivity contribution is 0.0364. The molecule has 0 radical (unpaired) electrons. The SMILES string of the molecule is CCONC(=O)c1ncc(Br)s1. The highest BCUT2D eigenvalue weighted by molar-refractivity contribution is 9.11. The second-order valence-electron chi connectivity index (χ2n) is 1.83. The van der Waals surface area contributed by atoms with E-state index in [4.69, 9.17) is 4.84 Å². The standard InChI is InChI=1S/C6H7BrN2O2S/c1-2-11-9-5(10)6-8-3-4(7)12-6/h3H,2H2,1H3,(H,9,10). The molecule has 4 nitrogen and oxygen atoms in total. The maximum absolute atomic E-state index is 11.1. The van der Waals surface area contributed by atoms with Gasteiger partial charge in [0.1, 0.15) is 0 Å². The van der Waals surface area contributed by atoms with Crippen molar-refractivity contribution in [3.05, 3.63) is 15.0 Å². The highest BCUT2D eigenvalue weighted by Gasteiger charge is 2.09. The Balaban J connectivity index is 2.53. The number of thiazole rings is 1. The van der Waals surface area contributed by atoms with Crippen molar-refractivity contribution in [2.45, 2.75) is 6.92 Å². The first-order chi connectivity index (χ1) is 5.74. The number of hydroxylamine groups is 1. The van der Waals surface area contributed by atoms with Crippen LogP contribution in [0.2, 0.25) is 0 Å². The fourth-order valence-electron chi connectivity index (χ4n) is 0.541. The van der Waals surface area contributed by atoms with Gasteiger partial charge in [-0.3, -0.25) is 9.63 Å². The van der Waals surface area contributed by atoms with Gasteiger partial charge in [0.25, 0.3) is 0 Å². The third kappa shape index (κ3) is 2.54.